The van der Waals surface area contributed by atoms with E-state index in [1.165, 1.54) is 0 Å². The van der Waals surface area contributed by atoms with Crippen molar-refractivity contribution in [1.82, 2.24) is 4.98 Å². The standard InChI is InChI=1S/C17H16N2O3S/c20-17(13-6-7-14(18-10-13)11-4-5-11)19-15-3-1-2-12-8-9-23(21,22)16(12)15/h1-3,6-7,10-11H,4-5,8-9H2,(H,19,20). The van der Waals surface area contributed by atoms with Crippen LogP contribution < -0.4 is 5.32 Å². The van der Waals surface area contributed by atoms with Gasteiger partial charge in [-0.25, -0.2) is 8.42 Å². The number of carbonyl (C=O) groups excluding carboxylic acids is 1. The molecule has 1 saturated carbocycles. The monoisotopic (exact) mass is 328 g/mol. The molecule has 6 heteroatoms. The molecule has 0 unspecified atom stereocenters. The van der Waals surface area contributed by atoms with Crippen molar-refractivity contribution in [3.63, 3.8) is 0 Å². The number of rotatable bonds is 3. The Labute approximate surface area is 134 Å². The number of pyridine rings is 1. The van der Waals surface area contributed by atoms with Gasteiger partial charge in [-0.05, 0) is 43.0 Å². The summed E-state index contributed by atoms with van der Waals surface area (Å²) in [4.78, 5) is 17.0. The Hall–Kier alpha value is -2.21. The maximum atomic E-state index is 12.4. The van der Waals surface area contributed by atoms with Crippen molar-refractivity contribution in [3.8, 4) is 0 Å². The second kappa shape index (κ2) is 5.16. The second-order valence-electron chi connectivity index (χ2n) is 6.06. The summed E-state index contributed by atoms with van der Waals surface area (Å²) in [6.45, 7) is 0. The zero-order valence-corrected chi connectivity index (χ0v) is 13.3. The summed E-state index contributed by atoms with van der Waals surface area (Å²) in [5.41, 5.74) is 2.58. The molecule has 2 aliphatic rings. The molecule has 1 N–H and O–H groups in total. The Morgan fingerprint density at radius 1 is 1.17 bits per heavy atom. The Morgan fingerprint density at radius 3 is 2.70 bits per heavy atom. The molecule has 2 aromatic rings. The average Bonchev–Trinajstić information content (AvgIpc) is 3.33. The molecule has 1 amide bonds. The summed E-state index contributed by atoms with van der Waals surface area (Å²) < 4.78 is 24.3. The first-order valence-electron chi connectivity index (χ1n) is 7.66. The summed E-state index contributed by atoms with van der Waals surface area (Å²) in [5, 5.41) is 2.72. The average molecular weight is 328 g/mol. The highest BCUT2D eigenvalue weighted by Crippen LogP contribution is 2.38. The fourth-order valence-corrected chi connectivity index (χ4v) is 4.66. The highest BCUT2D eigenvalue weighted by Gasteiger charge is 2.30. The number of hydrogen-bond donors (Lipinski definition) is 1. The van der Waals surface area contributed by atoms with Crippen LogP contribution in [0.1, 0.15) is 40.4 Å². The van der Waals surface area contributed by atoms with Crippen LogP contribution in [0.25, 0.3) is 0 Å². The predicted octanol–water partition coefficient (Wildman–Crippen LogP) is 2.54. The van der Waals surface area contributed by atoms with Gasteiger partial charge in [-0.3, -0.25) is 9.78 Å². The van der Waals surface area contributed by atoms with E-state index in [-0.39, 0.29) is 16.6 Å². The van der Waals surface area contributed by atoms with Crippen LogP contribution in [0, 0.1) is 0 Å². The number of nitrogens with one attached hydrogen (secondary N) is 1. The van der Waals surface area contributed by atoms with Gasteiger partial charge in [0.15, 0.2) is 9.84 Å². The number of nitrogens with zero attached hydrogens (tertiary/aromatic N) is 1. The van der Waals surface area contributed by atoms with Gasteiger partial charge in [0.25, 0.3) is 5.91 Å². The topological polar surface area (TPSA) is 76.1 Å². The molecule has 0 bridgehead atoms. The van der Waals surface area contributed by atoms with Crippen LogP contribution in [0.15, 0.2) is 41.4 Å². The van der Waals surface area contributed by atoms with Gasteiger partial charge in [0.05, 0.1) is 21.9 Å². The number of carbonyl (C=O) groups is 1. The number of aromatic nitrogens is 1. The first kappa shape index (κ1) is 14.4. The Bertz CT molecular complexity index is 885. The number of fused-ring (bicyclic) bond motifs is 1. The van der Waals surface area contributed by atoms with Crippen LogP contribution in [0.4, 0.5) is 5.69 Å². The van der Waals surface area contributed by atoms with Gasteiger partial charge in [0, 0.05) is 17.8 Å². The number of benzene rings is 1. The van der Waals surface area contributed by atoms with Crippen molar-refractivity contribution < 1.29 is 13.2 Å². The molecule has 0 atom stereocenters. The maximum absolute atomic E-state index is 12.4. The van der Waals surface area contributed by atoms with Crippen molar-refractivity contribution in [1.29, 1.82) is 0 Å². The lowest BCUT2D eigenvalue weighted by molar-refractivity contribution is 0.102. The van der Waals surface area contributed by atoms with Gasteiger partial charge in [0.2, 0.25) is 0 Å². The zero-order chi connectivity index (χ0) is 16.0. The Kier molecular flexibility index (Phi) is 3.23. The second-order valence-corrected chi connectivity index (χ2v) is 8.11. The normalized spacial score (nSPS) is 18.4. The van der Waals surface area contributed by atoms with E-state index in [0.29, 0.717) is 23.6 Å². The van der Waals surface area contributed by atoms with Gasteiger partial charge >= 0.3 is 0 Å². The molecule has 23 heavy (non-hydrogen) atoms. The first-order valence-corrected chi connectivity index (χ1v) is 9.32. The highest BCUT2D eigenvalue weighted by molar-refractivity contribution is 7.91. The quantitative estimate of drug-likeness (QED) is 0.939. The van der Waals surface area contributed by atoms with Gasteiger partial charge in [-0.2, -0.15) is 0 Å². The van der Waals surface area contributed by atoms with E-state index in [0.717, 1.165) is 24.1 Å². The molecule has 5 nitrogen and oxygen atoms in total. The molecular formula is C17H16N2O3S. The molecule has 4 rings (SSSR count). The minimum atomic E-state index is -3.30. The molecule has 1 aromatic heterocycles. The number of amides is 1. The molecular weight excluding hydrogens is 312 g/mol. The molecule has 0 radical (unpaired) electrons. The lowest BCUT2D eigenvalue weighted by Crippen LogP contribution is -2.15. The van der Waals surface area contributed by atoms with Gasteiger partial charge in [-0.15, -0.1) is 0 Å². The molecule has 2 heterocycles. The molecule has 1 aromatic carbocycles. The number of aryl methyl sites for hydroxylation is 1. The Balaban J connectivity index is 1.61. The summed E-state index contributed by atoms with van der Waals surface area (Å²) in [6.07, 6.45) is 4.37. The van der Waals surface area contributed by atoms with E-state index >= 15 is 0 Å². The summed E-state index contributed by atoms with van der Waals surface area (Å²) in [5.74, 6) is 0.303. The van der Waals surface area contributed by atoms with E-state index in [2.05, 4.69) is 10.3 Å². The van der Waals surface area contributed by atoms with E-state index in [1.807, 2.05) is 6.07 Å². The molecule has 118 valence electrons. The summed E-state index contributed by atoms with van der Waals surface area (Å²) >= 11 is 0. The van der Waals surface area contributed by atoms with Crippen molar-refractivity contribution in [3.05, 3.63) is 53.3 Å². The lowest BCUT2D eigenvalue weighted by atomic mass is 10.1. The smallest absolute Gasteiger partial charge is 0.257 e. The third-order valence-electron chi connectivity index (χ3n) is 4.34. The fraction of sp³-hybridized carbons (Fsp3) is 0.294. The van der Waals surface area contributed by atoms with Gasteiger partial charge in [0.1, 0.15) is 0 Å². The van der Waals surface area contributed by atoms with Gasteiger partial charge < -0.3 is 5.32 Å². The van der Waals surface area contributed by atoms with Crippen molar-refractivity contribution in [2.24, 2.45) is 0 Å². The van der Waals surface area contributed by atoms with Crippen LogP contribution in [0.3, 0.4) is 0 Å². The SMILES string of the molecule is O=C(Nc1cccc2c1S(=O)(=O)CC2)c1ccc(C2CC2)nc1. The van der Waals surface area contributed by atoms with Crippen LogP contribution in [0.5, 0.6) is 0 Å². The van der Waals surface area contributed by atoms with Crippen LogP contribution in [-0.2, 0) is 16.3 Å². The maximum Gasteiger partial charge on any atom is 0.257 e. The largest absolute Gasteiger partial charge is 0.321 e. The van der Waals surface area contributed by atoms with E-state index < -0.39 is 9.84 Å². The third kappa shape index (κ3) is 2.63. The van der Waals surface area contributed by atoms with Crippen molar-refractivity contribution >= 4 is 21.4 Å². The van der Waals surface area contributed by atoms with Crippen molar-refractivity contribution in [2.75, 3.05) is 11.1 Å². The minimum absolute atomic E-state index is 0.104. The van der Waals surface area contributed by atoms with Crippen LogP contribution in [0.2, 0.25) is 0 Å². The van der Waals surface area contributed by atoms with Crippen LogP contribution in [-0.4, -0.2) is 25.1 Å². The fourth-order valence-electron chi connectivity index (χ4n) is 2.95. The minimum Gasteiger partial charge on any atom is -0.321 e. The summed E-state index contributed by atoms with van der Waals surface area (Å²) in [7, 11) is -3.30. The molecule has 0 saturated heterocycles. The number of sulfone groups is 1. The van der Waals surface area contributed by atoms with E-state index in [4.69, 9.17) is 0 Å². The van der Waals surface area contributed by atoms with Crippen LogP contribution >= 0.6 is 0 Å². The number of anilines is 1. The molecule has 0 spiro atoms. The lowest BCUT2D eigenvalue weighted by Gasteiger charge is -2.10. The molecule has 1 fully saturated rings. The van der Waals surface area contributed by atoms with E-state index in [9.17, 15) is 13.2 Å². The molecule has 1 aliphatic carbocycles. The first-order chi connectivity index (χ1) is 11.0. The zero-order valence-electron chi connectivity index (χ0n) is 12.5. The molecule has 1 aliphatic heterocycles. The van der Waals surface area contributed by atoms with E-state index in [1.54, 1.807) is 30.5 Å². The third-order valence-corrected chi connectivity index (χ3v) is 6.19. The van der Waals surface area contributed by atoms with Gasteiger partial charge in [-0.1, -0.05) is 12.1 Å². The van der Waals surface area contributed by atoms with Crippen molar-refractivity contribution in [2.45, 2.75) is 30.1 Å². The number of hydrogen-bond acceptors (Lipinski definition) is 4. The predicted molar refractivity (Wildman–Crippen MR) is 86.4 cm³/mol. The summed E-state index contributed by atoms with van der Waals surface area (Å²) in [6, 6.07) is 8.81. The Morgan fingerprint density at radius 2 is 2.00 bits per heavy atom. The highest BCUT2D eigenvalue weighted by atomic mass is 32.2.